The number of rotatable bonds is 9. The summed E-state index contributed by atoms with van der Waals surface area (Å²) in [6.07, 6.45) is 8.83. The Morgan fingerprint density at radius 3 is 2.44 bits per heavy atom. The topological polar surface area (TPSA) is 66.5 Å². The maximum Gasteiger partial charge on any atom is 0.0712 e. The van der Waals surface area contributed by atoms with Crippen LogP contribution in [-0.2, 0) is 0 Å². The minimum absolute atomic E-state index is 0.260. The first-order valence-corrected chi connectivity index (χ1v) is 6.30. The molecular weight excluding hydrogens is 202 g/mol. The van der Waals surface area contributed by atoms with Crippen molar-refractivity contribution >= 4 is 0 Å². The van der Waals surface area contributed by atoms with Gasteiger partial charge in [-0.3, -0.25) is 0 Å². The van der Waals surface area contributed by atoms with Gasteiger partial charge in [0.2, 0.25) is 0 Å². The molecule has 0 bridgehead atoms. The summed E-state index contributed by atoms with van der Waals surface area (Å²) in [7, 11) is 0. The number of nitrogens with two attached hydrogens (primary N) is 1. The zero-order valence-corrected chi connectivity index (χ0v) is 10.6. The Balaban J connectivity index is 3.40. The highest BCUT2D eigenvalue weighted by atomic mass is 16.3. The van der Waals surface area contributed by atoms with Crippen molar-refractivity contribution in [2.75, 3.05) is 0 Å². The van der Waals surface area contributed by atoms with E-state index in [0.29, 0.717) is 6.42 Å². The van der Waals surface area contributed by atoms with Crippen molar-refractivity contribution in [1.29, 1.82) is 0 Å². The molecule has 16 heavy (non-hydrogen) atoms. The van der Waals surface area contributed by atoms with E-state index in [9.17, 15) is 10.2 Å². The highest BCUT2D eigenvalue weighted by Gasteiger charge is 2.14. The highest BCUT2D eigenvalue weighted by Crippen LogP contribution is 2.11. The molecule has 0 aliphatic carbocycles. The predicted octanol–water partition coefficient (Wildman–Crippen LogP) is 1.97. The summed E-state index contributed by atoms with van der Waals surface area (Å²) < 4.78 is 0. The maximum atomic E-state index is 9.64. The second kappa shape index (κ2) is 9.82. The molecule has 4 N–H and O–H groups in total. The van der Waals surface area contributed by atoms with Crippen molar-refractivity contribution in [3.05, 3.63) is 12.2 Å². The summed E-state index contributed by atoms with van der Waals surface area (Å²) in [6.45, 7) is 3.79. The third-order valence-corrected chi connectivity index (χ3v) is 2.76. The largest absolute Gasteiger partial charge is 0.393 e. The van der Waals surface area contributed by atoms with Gasteiger partial charge in [0.15, 0.2) is 0 Å². The number of unbranched alkanes of at least 4 members (excludes halogenated alkanes) is 3. The number of hydrogen-bond acceptors (Lipinski definition) is 3. The van der Waals surface area contributed by atoms with Crippen molar-refractivity contribution < 1.29 is 10.2 Å². The first-order valence-electron chi connectivity index (χ1n) is 6.30. The van der Waals surface area contributed by atoms with Crippen LogP contribution in [0.15, 0.2) is 12.2 Å². The molecule has 0 aliphatic rings. The fourth-order valence-electron chi connectivity index (χ4n) is 1.60. The fourth-order valence-corrected chi connectivity index (χ4v) is 1.60. The van der Waals surface area contributed by atoms with E-state index in [1.54, 1.807) is 6.92 Å². The Labute approximate surface area is 99.4 Å². The standard InChI is InChI=1S/C13H27NO2/c1-3-4-5-6-7-8-9-12(15)10-13(16)11(2)14/h3-4,11-13,15-16H,5-10,14H2,1-2H3/b4-3+. The molecule has 0 radical (unpaired) electrons. The van der Waals surface area contributed by atoms with E-state index >= 15 is 0 Å². The third kappa shape index (κ3) is 8.89. The van der Waals surface area contributed by atoms with Gasteiger partial charge in [0, 0.05) is 12.5 Å². The molecular formula is C13H27NO2. The van der Waals surface area contributed by atoms with Gasteiger partial charge in [0.25, 0.3) is 0 Å². The Bertz CT molecular complexity index is 181. The lowest BCUT2D eigenvalue weighted by molar-refractivity contribution is 0.0630. The number of aliphatic hydroxyl groups excluding tert-OH is 2. The monoisotopic (exact) mass is 229 g/mol. The minimum Gasteiger partial charge on any atom is -0.393 e. The molecule has 0 amide bonds. The molecule has 0 aromatic heterocycles. The van der Waals surface area contributed by atoms with Gasteiger partial charge < -0.3 is 15.9 Å². The lowest BCUT2D eigenvalue weighted by Crippen LogP contribution is -2.34. The van der Waals surface area contributed by atoms with Crippen LogP contribution in [0.25, 0.3) is 0 Å². The van der Waals surface area contributed by atoms with Crippen molar-refractivity contribution in [3.8, 4) is 0 Å². The molecule has 3 atom stereocenters. The molecule has 3 unspecified atom stereocenters. The minimum atomic E-state index is -0.585. The SMILES string of the molecule is C/C=C/CCCCCC(O)CC(O)C(C)N. The Morgan fingerprint density at radius 2 is 1.88 bits per heavy atom. The first kappa shape index (κ1) is 15.6. The summed E-state index contributed by atoms with van der Waals surface area (Å²) in [5.74, 6) is 0. The Hall–Kier alpha value is -0.380. The number of allylic oxidation sites excluding steroid dienone is 2. The van der Waals surface area contributed by atoms with Crippen LogP contribution < -0.4 is 5.73 Å². The van der Waals surface area contributed by atoms with Crippen LogP contribution in [0.1, 0.15) is 52.4 Å². The molecule has 96 valence electrons. The quantitative estimate of drug-likeness (QED) is 0.418. The summed E-state index contributed by atoms with van der Waals surface area (Å²) in [4.78, 5) is 0. The van der Waals surface area contributed by atoms with Gasteiger partial charge >= 0.3 is 0 Å². The zero-order valence-electron chi connectivity index (χ0n) is 10.6. The molecule has 0 fully saturated rings. The first-order chi connectivity index (χ1) is 7.57. The molecule has 0 heterocycles. The fraction of sp³-hybridized carbons (Fsp3) is 0.846. The van der Waals surface area contributed by atoms with Crippen molar-refractivity contribution in [3.63, 3.8) is 0 Å². The van der Waals surface area contributed by atoms with Crippen molar-refractivity contribution in [1.82, 2.24) is 0 Å². The molecule has 3 heteroatoms. The summed E-state index contributed by atoms with van der Waals surface area (Å²) >= 11 is 0. The van der Waals surface area contributed by atoms with Gasteiger partial charge in [0.05, 0.1) is 12.2 Å². The van der Waals surface area contributed by atoms with Gasteiger partial charge in [-0.1, -0.05) is 25.0 Å². The molecule has 0 saturated heterocycles. The van der Waals surface area contributed by atoms with Crippen molar-refractivity contribution in [2.24, 2.45) is 5.73 Å². The van der Waals surface area contributed by atoms with E-state index in [4.69, 9.17) is 5.73 Å². The molecule has 0 saturated carbocycles. The molecule has 3 nitrogen and oxygen atoms in total. The smallest absolute Gasteiger partial charge is 0.0712 e. The number of aliphatic hydroxyl groups is 2. The van der Waals surface area contributed by atoms with Gasteiger partial charge in [-0.05, 0) is 33.1 Å². The second-order valence-electron chi connectivity index (χ2n) is 4.52. The second-order valence-corrected chi connectivity index (χ2v) is 4.52. The zero-order chi connectivity index (χ0) is 12.4. The molecule has 0 aromatic carbocycles. The van der Waals surface area contributed by atoms with Crippen LogP contribution in [-0.4, -0.2) is 28.5 Å². The van der Waals surface area contributed by atoms with Crippen LogP contribution in [0.2, 0.25) is 0 Å². The highest BCUT2D eigenvalue weighted by molar-refractivity contribution is 4.76. The van der Waals surface area contributed by atoms with Crippen molar-refractivity contribution in [2.45, 2.75) is 70.6 Å². The lowest BCUT2D eigenvalue weighted by atomic mass is 10.0. The molecule has 0 aromatic rings. The normalized spacial score (nSPS) is 17.6. The average molecular weight is 229 g/mol. The van der Waals surface area contributed by atoms with Crippen LogP contribution >= 0.6 is 0 Å². The van der Waals surface area contributed by atoms with E-state index in [1.807, 2.05) is 6.92 Å². The Kier molecular flexibility index (Phi) is 9.59. The van der Waals surface area contributed by atoms with E-state index in [0.717, 1.165) is 25.7 Å². The van der Waals surface area contributed by atoms with Crippen LogP contribution in [0.5, 0.6) is 0 Å². The predicted molar refractivity (Wildman–Crippen MR) is 68.2 cm³/mol. The van der Waals surface area contributed by atoms with E-state index < -0.39 is 12.2 Å². The molecule has 0 rings (SSSR count). The average Bonchev–Trinajstić information content (AvgIpc) is 2.23. The van der Waals surface area contributed by atoms with Crippen LogP contribution in [0, 0.1) is 0 Å². The summed E-state index contributed by atoms with van der Waals surface area (Å²) in [5, 5.41) is 19.1. The van der Waals surface area contributed by atoms with Gasteiger partial charge in [-0.15, -0.1) is 0 Å². The third-order valence-electron chi connectivity index (χ3n) is 2.76. The van der Waals surface area contributed by atoms with E-state index in [2.05, 4.69) is 12.2 Å². The lowest BCUT2D eigenvalue weighted by Gasteiger charge is -2.18. The van der Waals surface area contributed by atoms with E-state index in [-0.39, 0.29) is 6.04 Å². The maximum absolute atomic E-state index is 9.64. The molecule has 0 aliphatic heterocycles. The summed E-state index contributed by atoms with van der Waals surface area (Å²) in [6, 6.07) is -0.260. The molecule has 0 spiro atoms. The van der Waals surface area contributed by atoms with Crippen LogP contribution in [0.3, 0.4) is 0 Å². The van der Waals surface area contributed by atoms with Gasteiger partial charge in [-0.2, -0.15) is 0 Å². The Morgan fingerprint density at radius 1 is 1.19 bits per heavy atom. The number of hydrogen-bond donors (Lipinski definition) is 3. The van der Waals surface area contributed by atoms with Crippen LogP contribution in [0.4, 0.5) is 0 Å². The van der Waals surface area contributed by atoms with Gasteiger partial charge in [-0.25, -0.2) is 0 Å². The summed E-state index contributed by atoms with van der Waals surface area (Å²) in [5.41, 5.74) is 5.53. The van der Waals surface area contributed by atoms with Gasteiger partial charge in [0.1, 0.15) is 0 Å². The van der Waals surface area contributed by atoms with E-state index in [1.165, 1.54) is 6.42 Å².